The normalized spacial score (nSPS) is 22.0. The molecule has 0 atom stereocenters. The van der Waals surface area contributed by atoms with E-state index in [0.717, 1.165) is 25.7 Å². The van der Waals surface area contributed by atoms with Gasteiger partial charge in [0.1, 0.15) is 0 Å². The Hall–Kier alpha value is 0.770. The molecule has 0 aromatic rings. The molecule has 0 amide bonds. The minimum absolute atomic E-state index is 0.0181. The molecule has 0 aliphatic heterocycles. The lowest BCUT2D eigenvalue weighted by Crippen LogP contribution is -2.13. The minimum atomic E-state index is -3.29. The van der Waals surface area contributed by atoms with Crippen molar-refractivity contribution in [2.24, 2.45) is 0 Å². The van der Waals surface area contributed by atoms with Crippen LogP contribution in [0, 0.1) is 0 Å². The van der Waals surface area contributed by atoms with Crippen molar-refractivity contribution in [1.82, 2.24) is 0 Å². The highest BCUT2D eigenvalue weighted by atomic mass is 35.9. The molecule has 0 saturated heterocycles. The number of hydrogen-bond donors (Lipinski definition) is 0. The number of rotatable bonds is 2. The Morgan fingerprint density at radius 2 is 1.73 bits per heavy atom. The lowest BCUT2D eigenvalue weighted by molar-refractivity contribution is 0.168. The first kappa shape index (κ1) is 9.85. The first-order valence-corrected chi connectivity index (χ1v) is 7.19. The molecule has 0 spiro atoms. The summed E-state index contributed by atoms with van der Waals surface area (Å²) in [5, 5.41) is 0. The van der Waals surface area contributed by atoms with Crippen LogP contribution in [0.25, 0.3) is 0 Å². The Kier molecular flexibility index (Phi) is 3.70. The van der Waals surface area contributed by atoms with E-state index >= 15 is 0 Å². The minimum Gasteiger partial charge on any atom is -0.303 e. The van der Waals surface area contributed by atoms with Crippen molar-refractivity contribution in [3.05, 3.63) is 0 Å². The van der Waals surface area contributed by atoms with Gasteiger partial charge >= 0.3 is 6.07 Å². The van der Waals surface area contributed by atoms with Gasteiger partial charge in [0, 0.05) is 0 Å². The number of hydrogen-bond acceptors (Lipinski definition) is 2. The zero-order chi connectivity index (χ0) is 8.32. The van der Waals surface area contributed by atoms with Gasteiger partial charge in [-0.05, 0) is 35.3 Å². The lowest BCUT2D eigenvalue weighted by Gasteiger charge is -2.21. The van der Waals surface area contributed by atoms with Gasteiger partial charge in [0.25, 0.3) is 0 Å². The average Bonchev–Trinajstić information content (AvgIpc) is 1.85. The van der Waals surface area contributed by atoms with Crippen LogP contribution in [0.2, 0.25) is 0 Å². The zero-order valence-electron chi connectivity index (χ0n) is 6.13. The standard InChI is InChI=1S/C6H11Cl2O2P/c7-11(8,9)10-6-4-2-1-3-5-6/h6H,1-5H2. The molecule has 0 N–H and O–H groups in total. The fourth-order valence-corrected chi connectivity index (χ4v) is 2.58. The Bertz CT molecular complexity index is 162. The Balaban J connectivity index is 2.30. The maximum atomic E-state index is 10.8. The molecule has 1 rings (SSSR count). The molecule has 11 heavy (non-hydrogen) atoms. The molecule has 1 fully saturated rings. The van der Waals surface area contributed by atoms with Gasteiger partial charge in [-0.25, -0.2) is 0 Å². The molecule has 2 nitrogen and oxygen atoms in total. The second-order valence-corrected chi connectivity index (χ2v) is 7.01. The van der Waals surface area contributed by atoms with Crippen molar-refractivity contribution >= 4 is 28.6 Å². The lowest BCUT2D eigenvalue weighted by atomic mass is 9.98. The summed E-state index contributed by atoms with van der Waals surface area (Å²) < 4.78 is 15.8. The SMILES string of the molecule is O=P(Cl)(Cl)OC1CCCCC1. The summed E-state index contributed by atoms with van der Waals surface area (Å²) in [6.45, 7) is 0. The van der Waals surface area contributed by atoms with Gasteiger partial charge in [0.05, 0.1) is 6.10 Å². The van der Waals surface area contributed by atoms with Gasteiger partial charge in [-0.2, -0.15) is 0 Å². The van der Waals surface area contributed by atoms with E-state index in [1.165, 1.54) is 6.42 Å². The summed E-state index contributed by atoms with van der Waals surface area (Å²) in [6, 6.07) is 0. The van der Waals surface area contributed by atoms with Crippen molar-refractivity contribution < 1.29 is 9.09 Å². The maximum Gasteiger partial charge on any atom is 0.380 e. The molecule has 1 aliphatic rings. The monoisotopic (exact) mass is 216 g/mol. The van der Waals surface area contributed by atoms with Crippen LogP contribution >= 0.6 is 28.6 Å². The second kappa shape index (κ2) is 4.13. The van der Waals surface area contributed by atoms with E-state index < -0.39 is 6.07 Å². The largest absolute Gasteiger partial charge is 0.380 e. The van der Waals surface area contributed by atoms with Crippen LogP contribution in [-0.2, 0) is 9.09 Å². The third-order valence-corrected chi connectivity index (χ3v) is 2.85. The van der Waals surface area contributed by atoms with Gasteiger partial charge in [-0.3, -0.25) is 4.57 Å². The van der Waals surface area contributed by atoms with E-state index in [4.69, 9.17) is 27.0 Å². The topological polar surface area (TPSA) is 26.3 Å². The van der Waals surface area contributed by atoms with Gasteiger partial charge < -0.3 is 4.52 Å². The summed E-state index contributed by atoms with van der Waals surface area (Å²) in [7, 11) is 0. The fraction of sp³-hybridized carbons (Fsp3) is 1.00. The summed E-state index contributed by atoms with van der Waals surface area (Å²) in [5.74, 6) is 0. The third kappa shape index (κ3) is 4.37. The second-order valence-electron chi connectivity index (χ2n) is 2.78. The molecule has 0 aromatic carbocycles. The summed E-state index contributed by atoms with van der Waals surface area (Å²) >= 11 is 10.5. The molecule has 0 aromatic heterocycles. The predicted molar refractivity (Wildman–Crippen MR) is 47.3 cm³/mol. The van der Waals surface area contributed by atoms with Gasteiger partial charge in [-0.1, -0.05) is 19.3 Å². The van der Waals surface area contributed by atoms with E-state index in [0.29, 0.717) is 0 Å². The van der Waals surface area contributed by atoms with Crippen LogP contribution in [0.4, 0.5) is 0 Å². The van der Waals surface area contributed by atoms with Crippen molar-refractivity contribution in [3.8, 4) is 0 Å². The Labute approximate surface area is 76.2 Å². The van der Waals surface area contributed by atoms with Crippen LogP contribution in [0.5, 0.6) is 0 Å². The molecule has 0 unspecified atom stereocenters. The zero-order valence-corrected chi connectivity index (χ0v) is 8.54. The quantitative estimate of drug-likeness (QED) is 0.655. The molecule has 0 bridgehead atoms. The average molecular weight is 217 g/mol. The van der Waals surface area contributed by atoms with E-state index in [-0.39, 0.29) is 6.10 Å². The van der Waals surface area contributed by atoms with Crippen molar-refractivity contribution in [3.63, 3.8) is 0 Å². The Morgan fingerprint density at radius 1 is 1.18 bits per heavy atom. The van der Waals surface area contributed by atoms with E-state index in [9.17, 15) is 4.57 Å². The third-order valence-electron chi connectivity index (χ3n) is 1.82. The highest BCUT2D eigenvalue weighted by molar-refractivity contribution is 8.05. The molecule has 1 saturated carbocycles. The molecular weight excluding hydrogens is 206 g/mol. The van der Waals surface area contributed by atoms with Gasteiger partial charge in [-0.15, -0.1) is 0 Å². The summed E-state index contributed by atoms with van der Waals surface area (Å²) in [4.78, 5) is 0. The van der Waals surface area contributed by atoms with Crippen LogP contribution < -0.4 is 0 Å². The molecule has 0 radical (unpaired) electrons. The first-order chi connectivity index (χ1) is 5.08. The van der Waals surface area contributed by atoms with Crippen LogP contribution in [0.3, 0.4) is 0 Å². The fourth-order valence-electron chi connectivity index (χ4n) is 1.34. The molecule has 0 heterocycles. The van der Waals surface area contributed by atoms with E-state index in [1.54, 1.807) is 0 Å². The van der Waals surface area contributed by atoms with Gasteiger partial charge in [0.15, 0.2) is 0 Å². The van der Waals surface area contributed by atoms with Gasteiger partial charge in [0.2, 0.25) is 0 Å². The molecular formula is C6H11Cl2O2P. The predicted octanol–water partition coefficient (Wildman–Crippen LogP) is 3.92. The first-order valence-electron chi connectivity index (χ1n) is 3.76. The maximum absolute atomic E-state index is 10.8. The Morgan fingerprint density at radius 3 is 2.18 bits per heavy atom. The van der Waals surface area contributed by atoms with E-state index in [2.05, 4.69) is 0 Å². The van der Waals surface area contributed by atoms with Crippen LogP contribution in [0.1, 0.15) is 32.1 Å². The molecule has 66 valence electrons. The van der Waals surface area contributed by atoms with E-state index in [1.807, 2.05) is 0 Å². The van der Waals surface area contributed by atoms with Crippen molar-refractivity contribution in [1.29, 1.82) is 0 Å². The molecule has 5 heteroatoms. The number of halogens is 2. The smallest absolute Gasteiger partial charge is 0.303 e. The molecule has 1 aliphatic carbocycles. The van der Waals surface area contributed by atoms with Crippen LogP contribution in [-0.4, -0.2) is 6.10 Å². The van der Waals surface area contributed by atoms with Crippen molar-refractivity contribution in [2.75, 3.05) is 0 Å². The summed E-state index contributed by atoms with van der Waals surface area (Å²) in [6.07, 6.45) is 2.07. The van der Waals surface area contributed by atoms with Crippen molar-refractivity contribution in [2.45, 2.75) is 38.2 Å². The highest BCUT2D eigenvalue weighted by Gasteiger charge is 2.23. The summed E-state index contributed by atoms with van der Waals surface area (Å²) in [5.41, 5.74) is 0. The highest BCUT2D eigenvalue weighted by Crippen LogP contribution is 2.59. The van der Waals surface area contributed by atoms with Crippen LogP contribution in [0.15, 0.2) is 0 Å².